The summed E-state index contributed by atoms with van der Waals surface area (Å²) in [6.45, 7) is 3.91. The van der Waals surface area contributed by atoms with Crippen molar-refractivity contribution in [1.29, 1.82) is 0 Å². The van der Waals surface area contributed by atoms with Gasteiger partial charge in [0.1, 0.15) is 0 Å². The molecule has 0 radical (unpaired) electrons. The smallest absolute Gasteiger partial charge is 0.0643 e. The zero-order chi connectivity index (χ0) is 11.7. The molecule has 88 valence electrons. The molecule has 1 heterocycles. The van der Waals surface area contributed by atoms with Gasteiger partial charge in [-0.05, 0) is 23.3 Å². The highest BCUT2D eigenvalue weighted by molar-refractivity contribution is 5.86. The predicted octanol–water partition coefficient (Wildman–Crippen LogP) is 2.89. The Morgan fingerprint density at radius 3 is 2.65 bits per heavy atom. The third kappa shape index (κ3) is 2.06. The molecule has 17 heavy (non-hydrogen) atoms. The molecular weight excluding hydrogens is 210 g/mol. The van der Waals surface area contributed by atoms with Crippen LogP contribution in [0.4, 0.5) is 0 Å². The van der Waals surface area contributed by atoms with Crippen molar-refractivity contribution in [2.24, 2.45) is 0 Å². The van der Waals surface area contributed by atoms with Gasteiger partial charge in [0, 0.05) is 6.04 Å². The quantitative estimate of drug-likeness (QED) is 0.870. The zero-order valence-corrected chi connectivity index (χ0v) is 10.0. The van der Waals surface area contributed by atoms with Gasteiger partial charge in [-0.15, -0.1) is 0 Å². The van der Waals surface area contributed by atoms with Gasteiger partial charge in [0.05, 0.1) is 19.3 Å². The van der Waals surface area contributed by atoms with Crippen LogP contribution < -0.4 is 5.32 Å². The fourth-order valence-corrected chi connectivity index (χ4v) is 2.40. The van der Waals surface area contributed by atoms with E-state index in [1.165, 1.54) is 16.3 Å². The highest BCUT2D eigenvalue weighted by Crippen LogP contribution is 2.24. The first-order valence-corrected chi connectivity index (χ1v) is 6.16. The average Bonchev–Trinajstić information content (AvgIpc) is 2.33. The second-order valence-corrected chi connectivity index (χ2v) is 4.69. The van der Waals surface area contributed by atoms with Crippen LogP contribution in [0.2, 0.25) is 0 Å². The van der Waals surface area contributed by atoms with E-state index in [4.69, 9.17) is 4.74 Å². The molecule has 0 spiro atoms. The summed E-state index contributed by atoms with van der Waals surface area (Å²) in [5, 5.41) is 6.25. The minimum Gasteiger partial charge on any atom is -0.378 e. The highest BCUT2D eigenvalue weighted by Gasteiger charge is 2.21. The number of hydrogen-bond donors (Lipinski definition) is 1. The van der Waals surface area contributed by atoms with E-state index in [9.17, 15) is 0 Å². The van der Waals surface area contributed by atoms with Crippen molar-refractivity contribution < 1.29 is 4.74 Å². The van der Waals surface area contributed by atoms with Crippen molar-refractivity contribution >= 4 is 10.8 Å². The van der Waals surface area contributed by atoms with Crippen LogP contribution in [-0.4, -0.2) is 19.3 Å². The Balaban J connectivity index is 1.92. The number of rotatable bonds is 3. The summed E-state index contributed by atoms with van der Waals surface area (Å²) in [5.74, 6) is 0. The minimum absolute atomic E-state index is 0.370. The van der Waals surface area contributed by atoms with E-state index in [0.717, 1.165) is 13.2 Å². The van der Waals surface area contributed by atoms with E-state index in [2.05, 4.69) is 54.7 Å². The second-order valence-electron chi connectivity index (χ2n) is 4.69. The molecule has 1 N–H and O–H groups in total. The molecule has 0 saturated carbocycles. The molecule has 1 unspecified atom stereocenters. The molecule has 2 nitrogen and oxygen atoms in total. The van der Waals surface area contributed by atoms with Gasteiger partial charge in [0.2, 0.25) is 0 Å². The van der Waals surface area contributed by atoms with E-state index in [0.29, 0.717) is 12.1 Å². The maximum Gasteiger partial charge on any atom is 0.0643 e. The topological polar surface area (TPSA) is 21.3 Å². The van der Waals surface area contributed by atoms with Gasteiger partial charge in [0.25, 0.3) is 0 Å². The third-order valence-electron chi connectivity index (χ3n) is 3.41. The van der Waals surface area contributed by atoms with E-state index in [-0.39, 0.29) is 0 Å². The van der Waals surface area contributed by atoms with Crippen LogP contribution in [0.3, 0.4) is 0 Å². The van der Waals surface area contributed by atoms with E-state index in [1.54, 1.807) is 0 Å². The lowest BCUT2D eigenvalue weighted by molar-refractivity contribution is -0.00919. The van der Waals surface area contributed by atoms with Gasteiger partial charge in [-0.1, -0.05) is 42.5 Å². The Kier molecular flexibility index (Phi) is 2.83. The number of hydrogen-bond acceptors (Lipinski definition) is 2. The Bertz CT molecular complexity index is 514. The largest absolute Gasteiger partial charge is 0.378 e. The first-order chi connectivity index (χ1) is 8.34. The predicted molar refractivity (Wildman–Crippen MR) is 70.1 cm³/mol. The van der Waals surface area contributed by atoms with Crippen molar-refractivity contribution in [3.8, 4) is 0 Å². The number of ether oxygens (including phenoxy) is 1. The standard InChI is InChI=1S/C15H17NO/c1-11(16-13-9-17-10-13)14-8-4-6-12-5-2-3-7-15(12)14/h2-8,11,13,16H,9-10H2,1H3. The molecule has 0 bridgehead atoms. The molecule has 0 amide bonds. The van der Waals surface area contributed by atoms with Crippen LogP contribution in [0.5, 0.6) is 0 Å². The number of fused-ring (bicyclic) bond motifs is 1. The molecule has 1 aliphatic rings. The van der Waals surface area contributed by atoms with Gasteiger partial charge in [-0.3, -0.25) is 0 Å². The fourth-order valence-electron chi connectivity index (χ4n) is 2.40. The van der Waals surface area contributed by atoms with Crippen LogP contribution in [0, 0.1) is 0 Å². The van der Waals surface area contributed by atoms with E-state index >= 15 is 0 Å². The molecule has 1 atom stereocenters. The Labute approximate surface area is 102 Å². The van der Waals surface area contributed by atoms with Gasteiger partial charge >= 0.3 is 0 Å². The summed E-state index contributed by atoms with van der Waals surface area (Å²) < 4.78 is 5.20. The summed E-state index contributed by atoms with van der Waals surface area (Å²) in [6, 6.07) is 15.9. The van der Waals surface area contributed by atoms with Crippen molar-refractivity contribution in [1.82, 2.24) is 5.32 Å². The normalized spacial score (nSPS) is 17.9. The molecule has 1 aliphatic heterocycles. The number of benzene rings is 2. The van der Waals surface area contributed by atoms with Gasteiger partial charge in [-0.2, -0.15) is 0 Å². The molecule has 2 heteroatoms. The van der Waals surface area contributed by atoms with Gasteiger partial charge < -0.3 is 10.1 Å². The van der Waals surface area contributed by atoms with E-state index < -0.39 is 0 Å². The summed E-state index contributed by atoms with van der Waals surface area (Å²) >= 11 is 0. The molecule has 0 aliphatic carbocycles. The van der Waals surface area contributed by atoms with E-state index in [1.807, 2.05) is 0 Å². The van der Waals surface area contributed by atoms with Gasteiger partial charge in [0.15, 0.2) is 0 Å². The monoisotopic (exact) mass is 227 g/mol. The first kappa shape index (κ1) is 10.8. The van der Waals surface area contributed by atoms with Crippen molar-refractivity contribution in [2.75, 3.05) is 13.2 Å². The number of nitrogens with one attached hydrogen (secondary N) is 1. The molecule has 1 fully saturated rings. The maximum absolute atomic E-state index is 5.20. The molecule has 2 aromatic rings. The van der Waals surface area contributed by atoms with Crippen LogP contribution in [-0.2, 0) is 4.74 Å². The van der Waals surface area contributed by atoms with Gasteiger partial charge in [-0.25, -0.2) is 0 Å². The molecule has 0 aromatic heterocycles. The Morgan fingerprint density at radius 1 is 1.12 bits per heavy atom. The highest BCUT2D eigenvalue weighted by atomic mass is 16.5. The first-order valence-electron chi connectivity index (χ1n) is 6.16. The Morgan fingerprint density at radius 2 is 1.88 bits per heavy atom. The van der Waals surface area contributed by atoms with Crippen LogP contribution >= 0.6 is 0 Å². The lowest BCUT2D eigenvalue weighted by Gasteiger charge is -2.30. The van der Waals surface area contributed by atoms with Crippen LogP contribution in [0.1, 0.15) is 18.5 Å². The van der Waals surface area contributed by atoms with Crippen molar-refractivity contribution in [2.45, 2.75) is 19.0 Å². The summed E-state index contributed by atoms with van der Waals surface area (Å²) in [5.41, 5.74) is 1.37. The summed E-state index contributed by atoms with van der Waals surface area (Å²) in [4.78, 5) is 0. The molecule has 1 saturated heterocycles. The lowest BCUT2D eigenvalue weighted by atomic mass is 9.99. The summed E-state index contributed by atoms with van der Waals surface area (Å²) in [7, 11) is 0. The molecule has 2 aromatic carbocycles. The zero-order valence-electron chi connectivity index (χ0n) is 10.0. The Hall–Kier alpha value is -1.38. The van der Waals surface area contributed by atoms with Crippen molar-refractivity contribution in [3.05, 3.63) is 48.0 Å². The van der Waals surface area contributed by atoms with Crippen LogP contribution in [0.15, 0.2) is 42.5 Å². The third-order valence-corrected chi connectivity index (χ3v) is 3.41. The minimum atomic E-state index is 0.370. The van der Waals surface area contributed by atoms with Crippen molar-refractivity contribution in [3.63, 3.8) is 0 Å². The summed E-state index contributed by atoms with van der Waals surface area (Å²) in [6.07, 6.45) is 0. The molecule has 3 rings (SSSR count). The SMILES string of the molecule is CC(NC1COC1)c1cccc2ccccc12. The van der Waals surface area contributed by atoms with Crippen LogP contribution in [0.25, 0.3) is 10.8 Å². The maximum atomic E-state index is 5.20. The lowest BCUT2D eigenvalue weighted by Crippen LogP contribution is -2.46. The average molecular weight is 227 g/mol. The fraction of sp³-hybridized carbons (Fsp3) is 0.333. The second kappa shape index (κ2) is 4.47. The molecular formula is C15H17NO.